The van der Waals surface area contributed by atoms with Crippen molar-refractivity contribution in [1.82, 2.24) is 5.32 Å². The number of halogens is 1. The number of anilines is 1. The van der Waals surface area contributed by atoms with E-state index in [2.05, 4.69) is 5.32 Å². The van der Waals surface area contributed by atoms with E-state index < -0.39 is 10.8 Å². The lowest BCUT2D eigenvalue weighted by molar-refractivity contribution is -0.384. The maximum Gasteiger partial charge on any atom is 0.281 e. The summed E-state index contributed by atoms with van der Waals surface area (Å²) in [5, 5.41) is 14.2. The first-order valence-corrected chi connectivity index (χ1v) is 8.14. The van der Waals surface area contributed by atoms with Gasteiger partial charge < -0.3 is 10.1 Å². The smallest absolute Gasteiger partial charge is 0.281 e. The first-order chi connectivity index (χ1) is 12.4. The van der Waals surface area contributed by atoms with E-state index in [9.17, 15) is 14.9 Å². The zero-order chi connectivity index (χ0) is 18.8. The van der Waals surface area contributed by atoms with Crippen molar-refractivity contribution in [3.05, 3.63) is 68.9 Å². The molecule has 1 aliphatic heterocycles. The molecule has 0 atom stereocenters. The van der Waals surface area contributed by atoms with Crippen molar-refractivity contribution in [2.75, 3.05) is 12.0 Å². The Balaban J connectivity index is 1.97. The lowest BCUT2D eigenvalue weighted by Gasteiger charge is -2.14. The maximum absolute atomic E-state index is 12.7. The van der Waals surface area contributed by atoms with E-state index in [1.165, 1.54) is 36.3 Å². The van der Waals surface area contributed by atoms with Crippen LogP contribution < -0.4 is 15.0 Å². The van der Waals surface area contributed by atoms with Crippen molar-refractivity contribution in [3.8, 4) is 5.75 Å². The van der Waals surface area contributed by atoms with Gasteiger partial charge in [0.25, 0.3) is 11.6 Å². The van der Waals surface area contributed by atoms with Gasteiger partial charge in [-0.2, -0.15) is 0 Å². The van der Waals surface area contributed by atoms with E-state index in [4.69, 9.17) is 28.6 Å². The molecule has 9 heteroatoms. The molecule has 0 bridgehead atoms. The van der Waals surface area contributed by atoms with E-state index in [0.717, 1.165) is 0 Å². The zero-order valence-electron chi connectivity index (χ0n) is 13.4. The molecule has 0 unspecified atom stereocenters. The molecule has 7 nitrogen and oxygen atoms in total. The van der Waals surface area contributed by atoms with Crippen LogP contribution in [-0.4, -0.2) is 23.1 Å². The van der Waals surface area contributed by atoms with Crippen molar-refractivity contribution in [3.63, 3.8) is 0 Å². The Hall–Kier alpha value is -2.97. The number of methoxy groups -OCH3 is 1. The number of rotatable bonds is 4. The van der Waals surface area contributed by atoms with E-state index in [0.29, 0.717) is 17.0 Å². The summed E-state index contributed by atoms with van der Waals surface area (Å²) in [6, 6.07) is 10.9. The number of thiocarbonyl (C=S) groups is 1. The molecule has 3 rings (SSSR count). The normalized spacial score (nSPS) is 15.3. The molecule has 1 fully saturated rings. The fourth-order valence-corrected chi connectivity index (χ4v) is 2.90. The first kappa shape index (κ1) is 17.8. The third-order valence-corrected chi connectivity index (χ3v) is 4.31. The third-order valence-electron chi connectivity index (χ3n) is 3.68. The van der Waals surface area contributed by atoms with Crippen molar-refractivity contribution in [2.24, 2.45) is 0 Å². The van der Waals surface area contributed by atoms with E-state index >= 15 is 0 Å². The number of hydrogen-bond donors (Lipinski definition) is 1. The number of ether oxygens (including phenoxy) is 1. The molecule has 1 N–H and O–H groups in total. The number of carbonyl (C=O) groups is 1. The molecule has 1 amide bonds. The Morgan fingerprint density at radius 3 is 2.77 bits per heavy atom. The number of nitro groups is 1. The predicted octanol–water partition coefficient (Wildman–Crippen LogP) is 3.52. The van der Waals surface area contributed by atoms with Gasteiger partial charge in [0.05, 0.1) is 17.7 Å². The highest BCUT2D eigenvalue weighted by molar-refractivity contribution is 7.80. The minimum Gasteiger partial charge on any atom is -0.497 e. The van der Waals surface area contributed by atoms with Gasteiger partial charge >= 0.3 is 0 Å². The summed E-state index contributed by atoms with van der Waals surface area (Å²) >= 11 is 11.3. The number of nitro benzene ring substituents is 1. The Bertz CT molecular complexity index is 961. The van der Waals surface area contributed by atoms with Gasteiger partial charge in [-0.15, -0.1) is 0 Å². The lowest BCUT2D eigenvalue weighted by atomic mass is 10.1. The number of nitrogens with one attached hydrogen (secondary N) is 1. The number of benzene rings is 2. The highest BCUT2D eigenvalue weighted by atomic mass is 35.5. The summed E-state index contributed by atoms with van der Waals surface area (Å²) < 4.78 is 5.16. The maximum atomic E-state index is 12.7. The zero-order valence-corrected chi connectivity index (χ0v) is 15.0. The lowest BCUT2D eigenvalue weighted by Crippen LogP contribution is -2.30. The summed E-state index contributed by atoms with van der Waals surface area (Å²) in [4.78, 5) is 24.5. The molecule has 2 aromatic rings. The molecule has 1 aliphatic rings. The Morgan fingerprint density at radius 1 is 1.31 bits per heavy atom. The van der Waals surface area contributed by atoms with Gasteiger partial charge in [0.1, 0.15) is 11.4 Å². The van der Waals surface area contributed by atoms with Crippen molar-refractivity contribution >= 4 is 52.3 Å². The topological polar surface area (TPSA) is 84.7 Å². The fourth-order valence-electron chi connectivity index (χ4n) is 2.43. The van der Waals surface area contributed by atoms with Crippen LogP contribution in [0, 0.1) is 10.1 Å². The Labute approximate surface area is 159 Å². The van der Waals surface area contributed by atoms with Crippen molar-refractivity contribution < 1.29 is 14.5 Å². The van der Waals surface area contributed by atoms with Crippen LogP contribution in [0.1, 0.15) is 5.56 Å². The van der Waals surface area contributed by atoms with E-state index in [1.807, 2.05) is 0 Å². The fraction of sp³-hybridized carbons (Fsp3) is 0.0588. The van der Waals surface area contributed by atoms with Gasteiger partial charge in [-0.1, -0.05) is 17.7 Å². The summed E-state index contributed by atoms with van der Waals surface area (Å²) in [5.74, 6) is 0.183. The average Bonchev–Trinajstić information content (AvgIpc) is 2.90. The second-order valence-electron chi connectivity index (χ2n) is 5.29. The van der Waals surface area contributed by atoms with Gasteiger partial charge in [0.15, 0.2) is 5.11 Å². The summed E-state index contributed by atoms with van der Waals surface area (Å²) in [6.07, 6.45) is 1.43. The standard InChI is InChI=1S/C17H12ClN3O4S/c1-25-13-4-2-3-11(9-13)20-16(22)15(19-17(20)26)8-10-7-12(21(23)24)5-6-14(10)18/h2-9H,1H3,(H,19,26). The highest BCUT2D eigenvalue weighted by Crippen LogP contribution is 2.28. The molecular formula is C17H12ClN3O4S. The summed E-state index contributed by atoms with van der Waals surface area (Å²) in [6.45, 7) is 0. The molecule has 0 aliphatic carbocycles. The molecule has 0 radical (unpaired) electrons. The highest BCUT2D eigenvalue weighted by Gasteiger charge is 2.32. The molecule has 0 saturated carbocycles. The van der Waals surface area contributed by atoms with Gasteiger partial charge in [-0.05, 0) is 36.5 Å². The SMILES string of the molecule is COc1cccc(N2C(=O)C(=Cc3cc([N+](=O)[O-])ccc3Cl)NC2=S)c1. The summed E-state index contributed by atoms with van der Waals surface area (Å²) in [7, 11) is 1.52. The van der Waals surface area contributed by atoms with Crippen LogP contribution >= 0.6 is 23.8 Å². The molecule has 0 aromatic heterocycles. The summed E-state index contributed by atoms with van der Waals surface area (Å²) in [5.41, 5.74) is 0.923. The Kier molecular flexibility index (Phi) is 4.88. The molecule has 1 saturated heterocycles. The van der Waals surface area contributed by atoms with Gasteiger partial charge in [0.2, 0.25) is 0 Å². The molecule has 26 heavy (non-hydrogen) atoms. The van der Waals surface area contributed by atoms with Crippen LogP contribution in [0.25, 0.3) is 6.08 Å². The van der Waals surface area contributed by atoms with E-state index in [1.54, 1.807) is 24.3 Å². The number of amides is 1. The van der Waals surface area contributed by atoms with Crippen molar-refractivity contribution in [2.45, 2.75) is 0 Å². The van der Waals surface area contributed by atoms with Crippen molar-refractivity contribution in [1.29, 1.82) is 0 Å². The molecule has 2 aromatic carbocycles. The molecule has 1 heterocycles. The monoisotopic (exact) mass is 389 g/mol. The van der Waals surface area contributed by atoms with Crippen LogP contribution in [0.3, 0.4) is 0 Å². The van der Waals surface area contributed by atoms with Crippen LogP contribution in [0.5, 0.6) is 5.75 Å². The van der Waals surface area contributed by atoms with Crippen LogP contribution in [0.15, 0.2) is 48.2 Å². The van der Waals surface area contributed by atoms with Crippen LogP contribution in [0.2, 0.25) is 5.02 Å². The average molecular weight is 390 g/mol. The van der Waals surface area contributed by atoms with Gasteiger partial charge in [0, 0.05) is 28.8 Å². The number of non-ortho nitro benzene ring substituents is 1. The first-order valence-electron chi connectivity index (χ1n) is 7.36. The number of nitrogens with zero attached hydrogens (tertiary/aromatic N) is 2. The minimum atomic E-state index is -0.532. The largest absolute Gasteiger partial charge is 0.497 e. The van der Waals surface area contributed by atoms with E-state index in [-0.39, 0.29) is 21.5 Å². The number of carbonyl (C=O) groups excluding carboxylic acids is 1. The van der Waals surface area contributed by atoms with Gasteiger partial charge in [-0.25, -0.2) is 0 Å². The second-order valence-corrected chi connectivity index (χ2v) is 6.09. The van der Waals surface area contributed by atoms with Crippen LogP contribution in [-0.2, 0) is 4.79 Å². The predicted molar refractivity (Wildman–Crippen MR) is 102 cm³/mol. The third kappa shape index (κ3) is 3.37. The van der Waals surface area contributed by atoms with Crippen LogP contribution in [0.4, 0.5) is 11.4 Å². The number of hydrogen-bond acceptors (Lipinski definition) is 5. The van der Waals surface area contributed by atoms with Gasteiger partial charge in [-0.3, -0.25) is 19.8 Å². The second kappa shape index (κ2) is 7.11. The quantitative estimate of drug-likeness (QED) is 0.373. The molecule has 132 valence electrons. The molecule has 0 spiro atoms. The molecular weight excluding hydrogens is 378 g/mol. The minimum absolute atomic E-state index is 0.126. The Morgan fingerprint density at radius 2 is 2.08 bits per heavy atom.